The van der Waals surface area contributed by atoms with Crippen LogP contribution in [-0.2, 0) is 51.8 Å². The van der Waals surface area contributed by atoms with Crippen molar-refractivity contribution in [2.24, 2.45) is 5.92 Å². The average Bonchev–Trinajstić information content (AvgIpc) is 3.99. The van der Waals surface area contributed by atoms with Gasteiger partial charge in [0, 0.05) is 37.5 Å². The summed E-state index contributed by atoms with van der Waals surface area (Å²) in [5.74, 6) is -3.97. The molecule has 1 aromatic rings. The molecule has 5 atom stereocenters. The normalized spacial score (nSPS) is 27.6. The van der Waals surface area contributed by atoms with Crippen LogP contribution in [-0.4, -0.2) is 113 Å². The van der Waals surface area contributed by atoms with Crippen LogP contribution in [0.15, 0.2) is 43.0 Å². The molecule has 0 unspecified atom stereocenters. The zero-order valence-electron chi connectivity index (χ0n) is 31.0. The van der Waals surface area contributed by atoms with E-state index in [0.717, 1.165) is 11.0 Å². The van der Waals surface area contributed by atoms with Crippen molar-refractivity contribution in [2.75, 3.05) is 19.6 Å². The fourth-order valence-electron chi connectivity index (χ4n) is 7.21. The third-order valence-electron chi connectivity index (χ3n) is 10.4. The number of hydrogen-bond donors (Lipinski definition) is 3. The van der Waals surface area contributed by atoms with Crippen molar-refractivity contribution >= 4 is 45.8 Å². The van der Waals surface area contributed by atoms with Gasteiger partial charge in [-0.1, -0.05) is 30.9 Å². The van der Waals surface area contributed by atoms with Gasteiger partial charge in [0.25, 0.3) is 5.91 Å². The van der Waals surface area contributed by atoms with E-state index in [0.29, 0.717) is 30.4 Å². The van der Waals surface area contributed by atoms with Crippen LogP contribution < -0.4 is 15.4 Å². The third-order valence-corrected chi connectivity index (χ3v) is 12.2. The molecule has 0 spiro atoms. The topological polar surface area (TPSA) is 201 Å². The van der Waals surface area contributed by atoms with Gasteiger partial charge in [0.2, 0.25) is 27.7 Å². The van der Waals surface area contributed by atoms with Gasteiger partial charge in [0.1, 0.15) is 35.1 Å². The van der Waals surface area contributed by atoms with Crippen LogP contribution >= 0.6 is 0 Å². The predicted molar refractivity (Wildman–Crippen MR) is 193 cm³/mol. The molecule has 3 N–H and O–H groups in total. The molecule has 1 aromatic carbocycles. The first-order valence-corrected chi connectivity index (χ1v) is 19.9. The Morgan fingerprint density at radius 2 is 1.82 bits per heavy atom. The Hall–Kier alpha value is -5.00. The third kappa shape index (κ3) is 8.95. The number of halogens is 1. The zero-order chi connectivity index (χ0) is 39.9. The molecule has 1 saturated heterocycles. The molecular formula is C37H47FN6O10S. The number of amides is 6. The maximum Gasteiger partial charge on any atom is 0.410 e. The molecule has 3 fully saturated rings. The molecule has 16 nitrogen and oxygen atoms in total. The second-order valence-electron chi connectivity index (χ2n) is 15.7. The van der Waals surface area contributed by atoms with Crippen LogP contribution in [0.1, 0.15) is 70.4 Å². The maximum atomic E-state index is 14.5. The first-order chi connectivity index (χ1) is 25.9. The molecule has 6 amide bonds. The highest BCUT2D eigenvalue weighted by Crippen LogP contribution is 2.46. The van der Waals surface area contributed by atoms with E-state index in [-0.39, 0.29) is 52.0 Å². The van der Waals surface area contributed by atoms with Gasteiger partial charge in [-0.3, -0.25) is 28.8 Å². The Labute approximate surface area is 318 Å². The highest BCUT2D eigenvalue weighted by molar-refractivity contribution is 7.91. The van der Waals surface area contributed by atoms with Gasteiger partial charge in [0.05, 0.1) is 18.3 Å². The quantitative estimate of drug-likeness (QED) is 0.283. The minimum Gasteiger partial charge on any atom is -0.444 e. The van der Waals surface area contributed by atoms with E-state index in [9.17, 15) is 41.6 Å². The molecule has 0 bridgehead atoms. The molecule has 2 saturated carbocycles. The maximum absolute atomic E-state index is 14.5. The van der Waals surface area contributed by atoms with E-state index >= 15 is 0 Å². The van der Waals surface area contributed by atoms with Gasteiger partial charge in [-0.2, -0.15) is 0 Å². The number of carbonyl (C=O) groups is 6. The van der Waals surface area contributed by atoms with Crippen LogP contribution in [0.2, 0.25) is 0 Å². The minimum absolute atomic E-state index is 0.00507. The standard InChI is InChI=1S/C37H47FN6O10S/c1-5-30(45)42-15-7-6-10-23-18-37(23,33(48)41-55(51,52)25-12-13-25)40-31(46)29-17-24(53-35(50)43-19-22-9-8-11-27(38)26(22)21-43)20-44(29)32(47)28(14-16-42)39-34(49)54-36(2,3)4/h5-6,8-11,23-25,28-29H,1,7,12-21H2,2-4H3,(H,39,49)(H,40,46)(H,41,48)/b10-6-/t23-,24+,28-,29-,37+/m0/s1. The monoisotopic (exact) mass is 786 g/mol. The van der Waals surface area contributed by atoms with Crippen molar-refractivity contribution in [3.05, 3.63) is 60.0 Å². The van der Waals surface area contributed by atoms with Crippen LogP contribution in [0.3, 0.4) is 0 Å². The Bertz CT molecular complexity index is 1910. The van der Waals surface area contributed by atoms with Gasteiger partial charge in [-0.05, 0) is 70.6 Å². The van der Waals surface area contributed by atoms with Crippen molar-refractivity contribution < 1.29 is 51.0 Å². The van der Waals surface area contributed by atoms with Gasteiger partial charge < -0.3 is 29.9 Å². The highest BCUT2D eigenvalue weighted by atomic mass is 32.2. The lowest BCUT2D eigenvalue weighted by Crippen LogP contribution is -2.58. The summed E-state index contributed by atoms with van der Waals surface area (Å²) in [5.41, 5.74) is -1.63. The van der Waals surface area contributed by atoms with Crippen LogP contribution in [0.25, 0.3) is 0 Å². The average molecular weight is 787 g/mol. The van der Waals surface area contributed by atoms with Crippen LogP contribution in [0, 0.1) is 11.7 Å². The van der Waals surface area contributed by atoms with E-state index in [2.05, 4.69) is 21.9 Å². The lowest BCUT2D eigenvalue weighted by atomic mass is 10.1. The van der Waals surface area contributed by atoms with Crippen molar-refractivity contribution in [3.8, 4) is 0 Å². The van der Waals surface area contributed by atoms with Gasteiger partial charge in [0.15, 0.2) is 0 Å². The lowest BCUT2D eigenvalue weighted by Gasteiger charge is -2.31. The molecule has 2 aliphatic carbocycles. The Balaban J connectivity index is 1.30. The summed E-state index contributed by atoms with van der Waals surface area (Å²) < 4.78 is 53.5. The zero-order valence-corrected chi connectivity index (χ0v) is 31.9. The Morgan fingerprint density at radius 3 is 2.49 bits per heavy atom. The van der Waals surface area contributed by atoms with E-state index in [1.165, 1.54) is 21.9 Å². The first kappa shape index (κ1) is 39.7. The fourth-order valence-corrected chi connectivity index (χ4v) is 8.58. The smallest absolute Gasteiger partial charge is 0.410 e. The van der Waals surface area contributed by atoms with E-state index < -0.39 is 92.2 Å². The van der Waals surface area contributed by atoms with Crippen LogP contribution in [0.5, 0.6) is 0 Å². The summed E-state index contributed by atoms with van der Waals surface area (Å²) in [6, 6.07) is 1.87. The molecule has 5 aliphatic rings. The summed E-state index contributed by atoms with van der Waals surface area (Å²) in [6.07, 6.45) is 2.65. The van der Waals surface area contributed by atoms with Crippen LogP contribution in [0.4, 0.5) is 14.0 Å². The minimum atomic E-state index is -3.99. The molecule has 18 heteroatoms. The van der Waals surface area contributed by atoms with Crippen molar-refractivity contribution in [2.45, 2.75) is 107 Å². The number of rotatable bonds is 6. The Morgan fingerprint density at radius 1 is 1.07 bits per heavy atom. The number of sulfonamides is 1. The van der Waals surface area contributed by atoms with E-state index in [4.69, 9.17) is 9.47 Å². The molecule has 3 aliphatic heterocycles. The molecular weight excluding hydrogens is 740 g/mol. The summed E-state index contributed by atoms with van der Waals surface area (Å²) in [7, 11) is -3.99. The largest absolute Gasteiger partial charge is 0.444 e. The molecule has 0 radical (unpaired) electrons. The van der Waals surface area contributed by atoms with E-state index in [1.807, 2.05) is 0 Å². The number of hydrogen-bond acceptors (Lipinski definition) is 10. The summed E-state index contributed by atoms with van der Waals surface area (Å²) >= 11 is 0. The molecule has 298 valence electrons. The summed E-state index contributed by atoms with van der Waals surface area (Å²) in [6.45, 7) is 8.42. The molecule has 55 heavy (non-hydrogen) atoms. The van der Waals surface area contributed by atoms with Gasteiger partial charge >= 0.3 is 12.2 Å². The van der Waals surface area contributed by atoms with Crippen molar-refractivity contribution in [1.82, 2.24) is 30.1 Å². The number of benzene rings is 1. The number of carbonyl (C=O) groups excluding carboxylic acids is 6. The van der Waals surface area contributed by atoms with Gasteiger partial charge in [-0.25, -0.2) is 22.4 Å². The Kier molecular flexibility index (Phi) is 11.0. The number of fused-ring (bicyclic) bond motifs is 3. The summed E-state index contributed by atoms with van der Waals surface area (Å²) in [5, 5.41) is 4.61. The SMILES string of the molecule is C=CC(=O)N1CC/C=C\[C@H]2C[C@@]2(C(=O)NS(=O)(=O)C2CC2)NC(=O)[C@@H]2C[C@@H](OC(=O)N3Cc4cccc(F)c4C3)CN2C(=O)[C@@H](NC(=O)OC(C)(C)C)CC1. The second-order valence-corrected chi connectivity index (χ2v) is 17.6. The van der Waals surface area contributed by atoms with E-state index in [1.54, 1.807) is 39.0 Å². The van der Waals surface area contributed by atoms with Gasteiger partial charge in [-0.15, -0.1) is 0 Å². The highest BCUT2D eigenvalue weighted by Gasteiger charge is 2.62. The number of nitrogens with zero attached hydrogens (tertiary/aromatic N) is 3. The lowest BCUT2D eigenvalue weighted by molar-refractivity contribution is -0.141. The molecule has 3 heterocycles. The number of alkyl carbamates (subject to hydrolysis) is 1. The molecule has 0 aromatic heterocycles. The van der Waals surface area contributed by atoms with Crippen molar-refractivity contribution in [3.63, 3.8) is 0 Å². The number of nitrogens with one attached hydrogen (secondary N) is 3. The predicted octanol–water partition coefficient (Wildman–Crippen LogP) is 1.99. The number of ether oxygens (including phenoxy) is 2. The fraction of sp³-hybridized carbons (Fsp3) is 0.568. The first-order valence-electron chi connectivity index (χ1n) is 18.4. The summed E-state index contributed by atoms with van der Waals surface area (Å²) in [4.78, 5) is 85.7. The van der Waals surface area contributed by atoms with Crippen molar-refractivity contribution in [1.29, 1.82) is 0 Å². The molecule has 6 rings (SSSR count). The second kappa shape index (κ2) is 15.3.